The number of ether oxygens (including phenoxy) is 7. The Morgan fingerprint density at radius 2 is 1.49 bits per heavy atom. The molecule has 1 heterocycles. The summed E-state index contributed by atoms with van der Waals surface area (Å²) in [7, 11) is 6.12. The minimum Gasteiger partial charge on any atom is -0.493 e. The van der Waals surface area contributed by atoms with Crippen LogP contribution in [0.3, 0.4) is 0 Å². The molecule has 3 rings (SSSR count). The standard InChI is InChI=1S/C28H36O9/c1-28(2,3)27(30)37-11-10-17-15-22(32-5)23(33-6)16-19(17)20(29)14-18-8-9-21(31-4)25(34-7)24(18)26-35-12-13-36-26/h8-9,15-16,26H,10-14H2,1-7H3. The summed E-state index contributed by atoms with van der Waals surface area (Å²) < 4.78 is 38.9. The van der Waals surface area contributed by atoms with Gasteiger partial charge in [0.1, 0.15) is 0 Å². The van der Waals surface area contributed by atoms with Crippen molar-refractivity contribution in [3.8, 4) is 23.0 Å². The van der Waals surface area contributed by atoms with Crippen LogP contribution in [0.25, 0.3) is 0 Å². The second kappa shape index (κ2) is 12.3. The number of rotatable bonds is 11. The number of Topliss-reactive ketones (excluding diaryl/α,β-unsaturated/α-hetero) is 1. The Kier molecular flexibility index (Phi) is 9.39. The maximum absolute atomic E-state index is 13.7. The second-order valence-corrected chi connectivity index (χ2v) is 9.55. The van der Waals surface area contributed by atoms with E-state index in [0.29, 0.717) is 64.9 Å². The number of ketones is 1. The highest BCUT2D eigenvalue weighted by molar-refractivity contribution is 6.00. The number of carbonyl (C=O) groups is 2. The van der Waals surface area contributed by atoms with Crippen LogP contribution < -0.4 is 18.9 Å². The van der Waals surface area contributed by atoms with Crippen molar-refractivity contribution in [3.05, 3.63) is 46.5 Å². The van der Waals surface area contributed by atoms with Crippen molar-refractivity contribution in [3.63, 3.8) is 0 Å². The Balaban J connectivity index is 1.97. The van der Waals surface area contributed by atoms with Crippen LogP contribution in [0.4, 0.5) is 0 Å². The fourth-order valence-corrected chi connectivity index (χ4v) is 4.06. The summed E-state index contributed by atoms with van der Waals surface area (Å²) in [5.74, 6) is 1.41. The largest absolute Gasteiger partial charge is 0.493 e. The maximum atomic E-state index is 13.7. The van der Waals surface area contributed by atoms with Gasteiger partial charge in [0.15, 0.2) is 35.1 Å². The molecular formula is C28H36O9. The van der Waals surface area contributed by atoms with Gasteiger partial charge in [0.05, 0.1) is 59.2 Å². The molecule has 1 aliphatic heterocycles. The molecule has 37 heavy (non-hydrogen) atoms. The molecule has 0 unspecified atom stereocenters. The molecule has 0 amide bonds. The molecule has 0 saturated carbocycles. The fourth-order valence-electron chi connectivity index (χ4n) is 4.06. The summed E-state index contributed by atoms with van der Waals surface area (Å²) in [5.41, 5.74) is 1.81. The normalized spacial score (nSPS) is 13.8. The van der Waals surface area contributed by atoms with Gasteiger partial charge in [0.25, 0.3) is 0 Å². The van der Waals surface area contributed by atoms with Crippen LogP contribution in [-0.2, 0) is 31.8 Å². The summed E-state index contributed by atoms with van der Waals surface area (Å²) in [6.45, 7) is 6.37. The van der Waals surface area contributed by atoms with Crippen LogP contribution in [0.2, 0.25) is 0 Å². The lowest BCUT2D eigenvalue weighted by atomic mass is 9.93. The molecule has 9 heteroatoms. The Labute approximate surface area is 217 Å². The fraction of sp³-hybridized carbons (Fsp3) is 0.500. The summed E-state index contributed by atoms with van der Waals surface area (Å²) >= 11 is 0. The lowest BCUT2D eigenvalue weighted by Gasteiger charge is -2.21. The van der Waals surface area contributed by atoms with Gasteiger partial charge in [0.2, 0.25) is 0 Å². The number of benzene rings is 2. The first kappa shape index (κ1) is 28.3. The minimum atomic E-state index is -0.672. The van der Waals surface area contributed by atoms with E-state index in [1.54, 1.807) is 46.1 Å². The highest BCUT2D eigenvalue weighted by atomic mass is 16.7. The van der Waals surface area contributed by atoms with E-state index in [4.69, 9.17) is 33.2 Å². The van der Waals surface area contributed by atoms with Crippen LogP contribution in [0.15, 0.2) is 24.3 Å². The Bertz CT molecular complexity index is 1110. The van der Waals surface area contributed by atoms with Crippen molar-refractivity contribution in [2.24, 2.45) is 5.41 Å². The molecule has 202 valence electrons. The zero-order valence-corrected chi connectivity index (χ0v) is 22.6. The van der Waals surface area contributed by atoms with Crippen molar-refractivity contribution < 1.29 is 42.7 Å². The number of esters is 1. The van der Waals surface area contributed by atoms with Gasteiger partial charge in [-0.2, -0.15) is 0 Å². The Hall–Kier alpha value is -3.30. The molecule has 0 radical (unpaired) electrons. The monoisotopic (exact) mass is 516 g/mol. The highest BCUT2D eigenvalue weighted by Gasteiger charge is 2.29. The molecule has 1 saturated heterocycles. The summed E-state index contributed by atoms with van der Waals surface area (Å²) in [6, 6.07) is 6.97. The number of carbonyl (C=O) groups excluding carboxylic acids is 2. The number of methoxy groups -OCH3 is 4. The van der Waals surface area contributed by atoms with E-state index in [-0.39, 0.29) is 24.8 Å². The van der Waals surface area contributed by atoms with Crippen molar-refractivity contribution in [1.82, 2.24) is 0 Å². The smallest absolute Gasteiger partial charge is 0.311 e. The van der Waals surface area contributed by atoms with E-state index in [0.717, 1.165) is 0 Å². The predicted octanol–water partition coefficient (Wildman–Crippen LogP) is 4.32. The molecule has 0 spiro atoms. The van der Waals surface area contributed by atoms with Crippen molar-refractivity contribution in [2.45, 2.75) is 39.9 Å². The van der Waals surface area contributed by atoms with Gasteiger partial charge in [-0.3, -0.25) is 9.59 Å². The predicted molar refractivity (Wildman–Crippen MR) is 136 cm³/mol. The average Bonchev–Trinajstić information content (AvgIpc) is 3.41. The lowest BCUT2D eigenvalue weighted by molar-refractivity contribution is -0.152. The quantitative estimate of drug-likeness (QED) is 0.319. The zero-order chi connectivity index (χ0) is 27.2. The average molecular weight is 517 g/mol. The molecule has 0 bridgehead atoms. The third kappa shape index (κ3) is 6.53. The maximum Gasteiger partial charge on any atom is 0.311 e. The summed E-state index contributed by atoms with van der Waals surface area (Å²) in [6.07, 6.45) is -0.297. The van der Waals surface area contributed by atoms with Crippen LogP contribution >= 0.6 is 0 Å². The van der Waals surface area contributed by atoms with Gasteiger partial charge in [-0.1, -0.05) is 6.07 Å². The molecule has 2 aromatic rings. The topological polar surface area (TPSA) is 98.8 Å². The second-order valence-electron chi connectivity index (χ2n) is 9.55. The molecular weight excluding hydrogens is 480 g/mol. The molecule has 0 aliphatic carbocycles. The minimum absolute atomic E-state index is 0.0448. The third-order valence-corrected chi connectivity index (χ3v) is 6.01. The van der Waals surface area contributed by atoms with Crippen LogP contribution in [-0.4, -0.2) is 60.0 Å². The van der Waals surface area contributed by atoms with Gasteiger partial charge in [0, 0.05) is 18.4 Å². The molecule has 1 fully saturated rings. The van der Waals surface area contributed by atoms with E-state index in [2.05, 4.69) is 0 Å². The summed E-state index contributed by atoms with van der Waals surface area (Å²) in [4.78, 5) is 26.0. The first-order valence-corrected chi connectivity index (χ1v) is 12.1. The van der Waals surface area contributed by atoms with Gasteiger partial charge in [-0.05, 0) is 50.1 Å². The van der Waals surface area contributed by atoms with Crippen LogP contribution in [0.5, 0.6) is 23.0 Å². The van der Waals surface area contributed by atoms with Gasteiger partial charge < -0.3 is 33.2 Å². The zero-order valence-electron chi connectivity index (χ0n) is 22.6. The van der Waals surface area contributed by atoms with E-state index >= 15 is 0 Å². The van der Waals surface area contributed by atoms with E-state index in [1.807, 2.05) is 6.07 Å². The van der Waals surface area contributed by atoms with Crippen LogP contribution in [0.1, 0.15) is 54.1 Å². The third-order valence-electron chi connectivity index (χ3n) is 6.01. The van der Waals surface area contributed by atoms with Gasteiger partial charge in [-0.15, -0.1) is 0 Å². The van der Waals surface area contributed by atoms with Crippen molar-refractivity contribution in [2.75, 3.05) is 48.3 Å². The first-order valence-electron chi connectivity index (χ1n) is 12.1. The lowest BCUT2D eigenvalue weighted by Crippen LogP contribution is -2.24. The van der Waals surface area contributed by atoms with Gasteiger partial charge in [-0.25, -0.2) is 0 Å². The molecule has 2 aromatic carbocycles. The van der Waals surface area contributed by atoms with Crippen molar-refractivity contribution >= 4 is 11.8 Å². The first-order chi connectivity index (χ1) is 17.6. The number of hydrogen-bond acceptors (Lipinski definition) is 9. The molecule has 0 atom stereocenters. The molecule has 1 aliphatic rings. The Morgan fingerprint density at radius 3 is 2.05 bits per heavy atom. The molecule has 9 nitrogen and oxygen atoms in total. The van der Waals surface area contributed by atoms with E-state index in [9.17, 15) is 9.59 Å². The Morgan fingerprint density at radius 1 is 0.865 bits per heavy atom. The van der Waals surface area contributed by atoms with Gasteiger partial charge >= 0.3 is 5.97 Å². The van der Waals surface area contributed by atoms with E-state index < -0.39 is 11.7 Å². The van der Waals surface area contributed by atoms with E-state index in [1.165, 1.54) is 21.3 Å². The molecule has 0 aromatic heterocycles. The summed E-state index contributed by atoms with van der Waals surface area (Å²) in [5, 5.41) is 0. The molecule has 0 N–H and O–H groups in total. The number of hydrogen-bond donors (Lipinski definition) is 0. The van der Waals surface area contributed by atoms with Crippen LogP contribution in [0, 0.1) is 5.41 Å². The SMILES string of the molecule is COc1cc(CCOC(=O)C(C)(C)C)c(C(=O)Cc2ccc(OC)c(OC)c2C2OCCO2)cc1OC. The highest BCUT2D eigenvalue weighted by Crippen LogP contribution is 2.41. The van der Waals surface area contributed by atoms with Crippen molar-refractivity contribution in [1.29, 1.82) is 0 Å².